The average Bonchev–Trinajstić information content (AvgIpc) is 3.08. The topological polar surface area (TPSA) is 69.8 Å². The summed E-state index contributed by atoms with van der Waals surface area (Å²) in [7, 11) is 1.60. The molecule has 0 saturated heterocycles. The summed E-state index contributed by atoms with van der Waals surface area (Å²) in [5.41, 5.74) is 2.95. The fraction of sp³-hybridized carbons (Fsp3) is 0.176. The van der Waals surface area contributed by atoms with E-state index in [0.29, 0.717) is 0 Å². The first-order valence-electron chi connectivity index (χ1n) is 7.19. The molecule has 0 saturated carbocycles. The first-order chi connectivity index (χ1) is 10.7. The van der Waals surface area contributed by atoms with E-state index < -0.39 is 0 Å². The van der Waals surface area contributed by atoms with E-state index in [0.717, 1.165) is 22.2 Å². The first kappa shape index (κ1) is 14.1. The molecule has 3 N–H and O–H groups in total. The molecular formula is C17H18N4O. The zero-order valence-corrected chi connectivity index (χ0v) is 12.6. The molecule has 2 aromatic carbocycles. The zero-order chi connectivity index (χ0) is 15.5. The molecule has 1 atom stereocenters. The summed E-state index contributed by atoms with van der Waals surface area (Å²) in [6.07, 6.45) is 3.60. The van der Waals surface area contributed by atoms with Crippen molar-refractivity contribution in [2.45, 2.75) is 12.8 Å². The highest BCUT2D eigenvalue weighted by Crippen LogP contribution is 2.31. The summed E-state index contributed by atoms with van der Waals surface area (Å²) < 4.78 is 0. The molecule has 3 rings (SSSR count). The van der Waals surface area contributed by atoms with Crippen molar-refractivity contribution in [2.75, 3.05) is 12.4 Å². The summed E-state index contributed by atoms with van der Waals surface area (Å²) >= 11 is 0. The maximum absolute atomic E-state index is 11.5. The number of fused-ring (bicyclic) bond motifs is 1. The van der Waals surface area contributed by atoms with Crippen molar-refractivity contribution in [2.24, 2.45) is 0 Å². The second kappa shape index (κ2) is 5.89. The predicted octanol–water partition coefficient (Wildman–Crippen LogP) is 3.47. The van der Waals surface area contributed by atoms with Crippen LogP contribution in [0.3, 0.4) is 0 Å². The Morgan fingerprint density at radius 3 is 2.86 bits per heavy atom. The SMILES string of the molecule is CNC(=O)Nc1ccc2cccc(C(C)c3c[nH]cn3)c2c1. The lowest BCUT2D eigenvalue weighted by Crippen LogP contribution is -2.24. The molecule has 0 aliphatic heterocycles. The van der Waals surface area contributed by atoms with E-state index in [1.54, 1.807) is 13.4 Å². The van der Waals surface area contributed by atoms with Crippen LogP contribution in [0.4, 0.5) is 10.5 Å². The Morgan fingerprint density at radius 1 is 1.27 bits per heavy atom. The number of nitrogens with zero attached hydrogens (tertiary/aromatic N) is 1. The molecule has 0 bridgehead atoms. The van der Waals surface area contributed by atoms with Crippen LogP contribution in [0, 0.1) is 0 Å². The molecule has 1 aromatic heterocycles. The van der Waals surface area contributed by atoms with E-state index in [-0.39, 0.29) is 11.9 Å². The van der Waals surface area contributed by atoms with Gasteiger partial charge in [0, 0.05) is 24.8 Å². The molecule has 3 aromatic rings. The number of hydrogen-bond acceptors (Lipinski definition) is 2. The number of aromatic nitrogens is 2. The van der Waals surface area contributed by atoms with E-state index >= 15 is 0 Å². The lowest BCUT2D eigenvalue weighted by molar-refractivity contribution is 0.254. The van der Waals surface area contributed by atoms with Crippen molar-refractivity contribution in [3.8, 4) is 0 Å². The molecule has 1 heterocycles. The fourth-order valence-corrected chi connectivity index (χ4v) is 2.61. The van der Waals surface area contributed by atoms with Crippen molar-refractivity contribution in [3.05, 3.63) is 60.2 Å². The summed E-state index contributed by atoms with van der Waals surface area (Å²) in [6, 6.07) is 11.9. The molecule has 5 heteroatoms. The molecule has 0 spiro atoms. The number of urea groups is 1. The highest BCUT2D eigenvalue weighted by Gasteiger charge is 2.13. The van der Waals surface area contributed by atoms with Gasteiger partial charge >= 0.3 is 6.03 Å². The maximum atomic E-state index is 11.5. The van der Waals surface area contributed by atoms with Gasteiger partial charge in [-0.25, -0.2) is 9.78 Å². The summed E-state index contributed by atoms with van der Waals surface area (Å²) in [5.74, 6) is 0.171. The lowest BCUT2D eigenvalue weighted by atomic mass is 9.92. The number of H-pyrrole nitrogens is 1. The van der Waals surface area contributed by atoms with Gasteiger partial charge in [0.2, 0.25) is 0 Å². The van der Waals surface area contributed by atoms with Gasteiger partial charge in [0.1, 0.15) is 0 Å². The standard InChI is InChI=1S/C17H18N4O/c1-11(16-9-19-10-20-16)14-5-3-4-12-6-7-13(8-15(12)14)21-17(22)18-2/h3-11H,1-2H3,(H,19,20)(H2,18,21,22). The van der Waals surface area contributed by atoms with Gasteiger partial charge in [-0.3, -0.25) is 0 Å². The molecule has 5 nitrogen and oxygen atoms in total. The highest BCUT2D eigenvalue weighted by atomic mass is 16.2. The average molecular weight is 294 g/mol. The van der Waals surface area contributed by atoms with Crippen LogP contribution in [0.1, 0.15) is 24.1 Å². The lowest BCUT2D eigenvalue weighted by Gasteiger charge is -2.14. The Kier molecular flexibility index (Phi) is 3.78. The van der Waals surface area contributed by atoms with Crippen molar-refractivity contribution >= 4 is 22.5 Å². The number of nitrogens with one attached hydrogen (secondary N) is 3. The van der Waals surface area contributed by atoms with Crippen molar-refractivity contribution in [1.29, 1.82) is 0 Å². The number of benzene rings is 2. The molecular weight excluding hydrogens is 276 g/mol. The van der Waals surface area contributed by atoms with Crippen molar-refractivity contribution in [1.82, 2.24) is 15.3 Å². The zero-order valence-electron chi connectivity index (χ0n) is 12.6. The number of carbonyl (C=O) groups is 1. The molecule has 0 radical (unpaired) electrons. The number of hydrogen-bond donors (Lipinski definition) is 3. The third-order valence-corrected chi connectivity index (χ3v) is 3.83. The van der Waals surface area contributed by atoms with E-state index in [4.69, 9.17) is 0 Å². The van der Waals surface area contributed by atoms with Gasteiger partial charge in [0.15, 0.2) is 0 Å². The number of imidazole rings is 1. The number of anilines is 1. The van der Waals surface area contributed by atoms with Gasteiger partial charge in [-0.1, -0.05) is 31.2 Å². The minimum absolute atomic E-state index is 0.171. The third-order valence-electron chi connectivity index (χ3n) is 3.83. The molecule has 22 heavy (non-hydrogen) atoms. The molecule has 112 valence electrons. The van der Waals surface area contributed by atoms with Crippen LogP contribution in [-0.2, 0) is 0 Å². The van der Waals surface area contributed by atoms with E-state index in [1.165, 1.54) is 5.56 Å². The quantitative estimate of drug-likeness (QED) is 0.692. The van der Waals surface area contributed by atoms with Gasteiger partial charge in [0.25, 0.3) is 0 Å². The van der Waals surface area contributed by atoms with Crippen LogP contribution < -0.4 is 10.6 Å². The van der Waals surface area contributed by atoms with Crippen LogP contribution >= 0.6 is 0 Å². The van der Waals surface area contributed by atoms with Crippen molar-refractivity contribution in [3.63, 3.8) is 0 Å². The van der Waals surface area contributed by atoms with E-state index in [1.807, 2.05) is 30.5 Å². The van der Waals surface area contributed by atoms with Gasteiger partial charge in [-0.2, -0.15) is 0 Å². The fourth-order valence-electron chi connectivity index (χ4n) is 2.61. The van der Waals surface area contributed by atoms with E-state index in [9.17, 15) is 4.79 Å². The Bertz CT molecular complexity index is 796. The molecule has 0 aliphatic carbocycles. The monoisotopic (exact) mass is 294 g/mol. The molecule has 2 amide bonds. The molecule has 1 unspecified atom stereocenters. The van der Waals surface area contributed by atoms with Crippen molar-refractivity contribution < 1.29 is 4.79 Å². The van der Waals surface area contributed by atoms with Crippen LogP contribution in [0.25, 0.3) is 10.8 Å². The Balaban J connectivity index is 2.06. The highest BCUT2D eigenvalue weighted by molar-refractivity contribution is 5.94. The van der Waals surface area contributed by atoms with Crippen LogP contribution in [0.15, 0.2) is 48.9 Å². The van der Waals surface area contributed by atoms with Gasteiger partial charge < -0.3 is 15.6 Å². The number of carbonyl (C=O) groups excluding carboxylic acids is 1. The van der Waals surface area contributed by atoms with Crippen LogP contribution in [0.2, 0.25) is 0 Å². The Labute approximate surface area is 128 Å². The van der Waals surface area contributed by atoms with Gasteiger partial charge in [-0.05, 0) is 28.5 Å². The van der Waals surface area contributed by atoms with Crippen LogP contribution in [0.5, 0.6) is 0 Å². The van der Waals surface area contributed by atoms with E-state index in [2.05, 4.69) is 39.7 Å². The first-order valence-corrected chi connectivity index (χ1v) is 7.19. The third kappa shape index (κ3) is 2.65. The summed E-state index contributed by atoms with van der Waals surface area (Å²) in [4.78, 5) is 18.8. The van der Waals surface area contributed by atoms with Gasteiger partial charge in [0.05, 0.1) is 12.0 Å². The number of amides is 2. The minimum Gasteiger partial charge on any atom is -0.351 e. The summed E-state index contributed by atoms with van der Waals surface area (Å²) in [6.45, 7) is 2.13. The van der Waals surface area contributed by atoms with Crippen LogP contribution in [-0.4, -0.2) is 23.0 Å². The summed E-state index contributed by atoms with van der Waals surface area (Å²) in [5, 5.41) is 7.63. The largest absolute Gasteiger partial charge is 0.351 e. The number of aromatic amines is 1. The Morgan fingerprint density at radius 2 is 2.14 bits per heavy atom. The second-order valence-electron chi connectivity index (χ2n) is 5.20. The second-order valence-corrected chi connectivity index (χ2v) is 5.20. The molecule has 0 aliphatic rings. The molecule has 0 fully saturated rings. The minimum atomic E-state index is -0.225. The maximum Gasteiger partial charge on any atom is 0.318 e. The predicted molar refractivity (Wildman–Crippen MR) is 88.1 cm³/mol. The number of rotatable bonds is 3. The Hall–Kier alpha value is -2.82. The normalized spacial score (nSPS) is 12.1. The smallest absolute Gasteiger partial charge is 0.318 e. The van der Waals surface area contributed by atoms with Gasteiger partial charge in [-0.15, -0.1) is 0 Å².